The van der Waals surface area contributed by atoms with Crippen molar-refractivity contribution in [2.45, 2.75) is 6.42 Å². The Labute approximate surface area is 180 Å². The first-order chi connectivity index (χ1) is 14.4. The number of hydrogen-bond donors (Lipinski definition) is 1. The number of hydrogen-bond acceptors (Lipinski definition) is 4. The van der Waals surface area contributed by atoms with Crippen molar-refractivity contribution in [3.05, 3.63) is 71.4 Å². The van der Waals surface area contributed by atoms with Crippen LogP contribution in [0.5, 0.6) is 0 Å². The van der Waals surface area contributed by atoms with Gasteiger partial charge in [-0.2, -0.15) is 5.10 Å². The highest BCUT2D eigenvalue weighted by molar-refractivity contribution is 7.89. The van der Waals surface area contributed by atoms with Gasteiger partial charge in [-0.25, -0.2) is 17.4 Å². The van der Waals surface area contributed by atoms with Gasteiger partial charge in [0.1, 0.15) is 5.69 Å². The summed E-state index contributed by atoms with van der Waals surface area (Å²) in [6.45, 7) is 0.993. The Kier molecular flexibility index (Phi) is 5.90. The summed E-state index contributed by atoms with van der Waals surface area (Å²) in [5.41, 5.74) is 2.61. The number of amides is 1. The number of halogens is 1. The predicted molar refractivity (Wildman–Crippen MR) is 116 cm³/mol. The molecule has 0 unspecified atom stereocenters. The highest BCUT2D eigenvalue weighted by Gasteiger charge is 2.27. The van der Waals surface area contributed by atoms with Crippen LogP contribution >= 0.6 is 11.6 Å². The average molecular weight is 445 g/mol. The first kappa shape index (κ1) is 20.6. The van der Waals surface area contributed by atoms with Crippen molar-refractivity contribution in [3.8, 4) is 16.9 Å². The van der Waals surface area contributed by atoms with Crippen LogP contribution in [0.2, 0.25) is 5.02 Å². The van der Waals surface area contributed by atoms with Gasteiger partial charge in [0.15, 0.2) is 0 Å². The van der Waals surface area contributed by atoms with Crippen molar-refractivity contribution in [2.24, 2.45) is 0 Å². The number of carbonyl (C=O) groups is 1. The molecule has 3 aromatic rings. The Balaban J connectivity index is 1.57. The second kappa shape index (κ2) is 8.59. The van der Waals surface area contributed by atoms with E-state index in [9.17, 15) is 13.2 Å². The largest absolute Gasteiger partial charge is 0.349 e. The van der Waals surface area contributed by atoms with Crippen LogP contribution in [-0.2, 0) is 10.0 Å². The van der Waals surface area contributed by atoms with Crippen LogP contribution < -0.4 is 5.32 Å². The number of aromatic nitrogens is 2. The summed E-state index contributed by atoms with van der Waals surface area (Å²) >= 11 is 5.98. The number of benzene rings is 2. The van der Waals surface area contributed by atoms with Gasteiger partial charge in [-0.1, -0.05) is 41.9 Å². The molecule has 0 saturated carbocycles. The lowest BCUT2D eigenvalue weighted by atomic mass is 10.1. The zero-order chi connectivity index (χ0) is 21.1. The minimum atomic E-state index is -3.18. The third-order valence-corrected chi connectivity index (χ3v) is 7.14. The third kappa shape index (κ3) is 4.40. The Hall–Kier alpha value is -2.68. The van der Waals surface area contributed by atoms with E-state index in [0.29, 0.717) is 29.4 Å². The molecule has 0 atom stereocenters. The van der Waals surface area contributed by atoms with Gasteiger partial charge < -0.3 is 5.32 Å². The number of rotatable bonds is 6. The molecule has 1 amide bonds. The van der Waals surface area contributed by atoms with Crippen LogP contribution in [0, 0.1) is 0 Å². The highest BCUT2D eigenvalue weighted by Crippen LogP contribution is 2.23. The van der Waals surface area contributed by atoms with Crippen molar-refractivity contribution in [3.63, 3.8) is 0 Å². The molecule has 0 radical (unpaired) electrons. The van der Waals surface area contributed by atoms with Crippen molar-refractivity contribution in [1.82, 2.24) is 19.4 Å². The zero-order valence-electron chi connectivity index (χ0n) is 16.2. The van der Waals surface area contributed by atoms with Crippen LogP contribution in [0.3, 0.4) is 0 Å². The maximum Gasteiger partial charge on any atom is 0.270 e. The summed E-state index contributed by atoms with van der Waals surface area (Å²) in [5, 5.41) is 8.06. The van der Waals surface area contributed by atoms with Crippen molar-refractivity contribution in [2.75, 3.05) is 25.4 Å². The fraction of sp³-hybridized carbons (Fsp3) is 0.238. The minimum absolute atomic E-state index is 0.173. The molecule has 30 heavy (non-hydrogen) atoms. The van der Waals surface area contributed by atoms with Crippen molar-refractivity contribution < 1.29 is 13.2 Å². The molecule has 0 aliphatic carbocycles. The van der Waals surface area contributed by atoms with Crippen LogP contribution in [0.15, 0.2) is 60.7 Å². The fourth-order valence-electron chi connectivity index (χ4n) is 3.40. The smallest absolute Gasteiger partial charge is 0.270 e. The number of para-hydroxylation sites is 1. The molecule has 2 heterocycles. The summed E-state index contributed by atoms with van der Waals surface area (Å²) in [6, 6.07) is 18.3. The summed E-state index contributed by atoms with van der Waals surface area (Å²) in [4.78, 5) is 12.9. The molecule has 0 bridgehead atoms. The molecular weight excluding hydrogens is 424 g/mol. The monoisotopic (exact) mass is 444 g/mol. The molecule has 1 aromatic heterocycles. The van der Waals surface area contributed by atoms with Crippen LogP contribution in [0.1, 0.15) is 16.9 Å². The lowest BCUT2D eigenvalue weighted by molar-refractivity contribution is 0.0944. The zero-order valence-corrected chi connectivity index (χ0v) is 17.7. The number of carbonyl (C=O) groups excluding carboxylic acids is 1. The molecular formula is C21H21ClN4O3S. The lowest BCUT2D eigenvalue weighted by Crippen LogP contribution is -2.36. The topological polar surface area (TPSA) is 84.3 Å². The molecule has 1 aliphatic heterocycles. The average Bonchev–Trinajstić information content (AvgIpc) is 3.33. The Morgan fingerprint density at radius 3 is 2.50 bits per heavy atom. The Bertz CT molecular complexity index is 1140. The van der Waals surface area contributed by atoms with E-state index >= 15 is 0 Å². The number of nitrogens with zero attached hydrogens (tertiary/aromatic N) is 3. The normalized spacial score (nSPS) is 15.9. The predicted octanol–water partition coefficient (Wildman–Crippen LogP) is 2.96. The van der Waals surface area contributed by atoms with Gasteiger partial charge in [0, 0.05) is 30.2 Å². The maximum atomic E-state index is 12.9. The molecule has 1 N–H and O–H groups in total. The van der Waals surface area contributed by atoms with Gasteiger partial charge >= 0.3 is 0 Å². The van der Waals surface area contributed by atoms with Crippen LogP contribution in [0.25, 0.3) is 16.9 Å². The molecule has 1 saturated heterocycles. The molecule has 7 nitrogen and oxygen atoms in total. The molecule has 0 spiro atoms. The van der Waals surface area contributed by atoms with E-state index in [1.807, 2.05) is 42.5 Å². The van der Waals surface area contributed by atoms with E-state index in [1.54, 1.807) is 22.9 Å². The number of nitrogens with one attached hydrogen (secondary N) is 1. The molecule has 156 valence electrons. The van der Waals surface area contributed by atoms with Crippen LogP contribution in [-0.4, -0.2) is 53.8 Å². The molecule has 1 aliphatic rings. The van der Waals surface area contributed by atoms with Gasteiger partial charge in [0.05, 0.1) is 17.1 Å². The van der Waals surface area contributed by atoms with E-state index < -0.39 is 10.0 Å². The van der Waals surface area contributed by atoms with Gasteiger partial charge in [-0.05, 0) is 36.8 Å². The summed E-state index contributed by atoms with van der Waals surface area (Å²) in [5.74, 6) is -0.144. The summed E-state index contributed by atoms with van der Waals surface area (Å²) in [6.07, 6.45) is 0.626. The second-order valence-corrected chi connectivity index (χ2v) is 9.52. The number of sulfonamides is 1. The standard InChI is InChI=1S/C21H21ClN4O3S/c22-17-9-7-16(8-10-17)19-15-20(26(24-19)18-5-2-1-3-6-18)21(27)23-11-13-25-12-4-14-30(25,28)29/h1-3,5-10,15H,4,11-14H2,(H,23,27). The quantitative estimate of drug-likeness (QED) is 0.633. The van der Waals surface area contributed by atoms with E-state index in [-0.39, 0.29) is 24.7 Å². The molecule has 9 heteroatoms. The van der Waals surface area contributed by atoms with Gasteiger partial charge in [-0.3, -0.25) is 4.79 Å². The van der Waals surface area contributed by atoms with Crippen molar-refractivity contribution in [1.29, 1.82) is 0 Å². The highest BCUT2D eigenvalue weighted by atomic mass is 35.5. The SMILES string of the molecule is O=C(NCCN1CCCS1(=O)=O)c1cc(-c2ccc(Cl)cc2)nn1-c1ccccc1. The Morgan fingerprint density at radius 1 is 1.10 bits per heavy atom. The van der Waals surface area contributed by atoms with E-state index in [4.69, 9.17) is 11.6 Å². The molecule has 2 aromatic carbocycles. The maximum absolute atomic E-state index is 12.9. The third-order valence-electron chi connectivity index (χ3n) is 4.93. The van der Waals surface area contributed by atoms with Gasteiger partial charge in [0.2, 0.25) is 10.0 Å². The van der Waals surface area contributed by atoms with Crippen molar-refractivity contribution >= 4 is 27.5 Å². The lowest BCUT2D eigenvalue weighted by Gasteiger charge is -2.14. The molecule has 1 fully saturated rings. The Morgan fingerprint density at radius 2 is 1.83 bits per heavy atom. The summed E-state index contributed by atoms with van der Waals surface area (Å²) < 4.78 is 26.8. The fourth-order valence-corrected chi connectivity index (χ4v) is 5.05. The van der Waals surface area contributed by atoms with Crippen LogP contribution in [0.4, 0.5) is 0 Å². The summed E-state index contributed by atoms with van der Waals surface area (Å²) in [7, 11) is -3.18. The van der Waals surface area contributed by atoms with E-state index in [2.05, 4.69) is 10.4 Å². The van der Waals surface area contributed by atoms with E-state index in [1.165, 1.54) is 4.31 Å². The first-order valence-corrected chi connectivity index (χ1v) is 11.6. The second-order valence-electron chi connectivity index (χ2n) is 6.99. The first-order valence-electron chi connectivity index (χ1n) is 9.61. The van der Waals surface area contributed by atoms with Gasteiger partial charge in [-0.15, -0.1) is 0 Å². The van der Waals surface area contributed by atoms with Gasteiger partial charge in [0.25, 0.3) is 5.91 Å². The minimum Gasteiger partial charge on any atom is -0.349 e. The van der Waals surface area contributed by atoms with E-state index in [0.717, 1.165) is 11.3 Å². The molecule has 4 rings (SSSR count).